The fraction of sp³-hybridized carbons (Fsp3) is 0.750. The minimum Gasteiger partial charge on any atom is -0.380 e. The van der Waals surface area contributed by atoms with Crippen molar-refractivity contribution < 1.29 is 9.72 Å². The van der Waals surface area contributed by atoms with E-state index in [1.54, 1.807) is 4.90 Å². The molecule has 1 fully saturated rings. The maximum Gasteiger partial charge on any atom is 0.285 e. The van der Waals surface area contributed by atoms with E-state index in [1.807, 2.05) is 0 Å². The van der Waals surface area contributed by atoms with E-state index >= 15 is 0 Å². The number of likely N-dealkylation sites (tertiary alicyclic amines) is 1. The zero-order valence-electron chi connectivity index (χ0n) is 11.8. The SMILES string of the molecule is CNC(N)=C(CCC[C@H](N)C(=O)N1CCCC1)[N+](=O)[O-]. The number of nitrogens with one attached hydrogen (secondary N) is 1. The van der Waals surface area contributed by atoms with Crippen molar-refractivity contribution in [2.75, 3.05) is 20.1 Å². The minimum absolute atomic E-state index is 0.0504. The van der Waals surface area contributed by atoms with Crippen LogP contribution in [0.25, 0.3) is 0 Å². The van der Waals surface area contributed by atoms with Crippen molar-refractivity contribution in [3.8, 4) is 0 Å². The van der Waals surface area contributed by atoms with Gasteiger partial charge in [-0.25, -0.2) is 0 Å². The van der Waals surface area contributed by atoms with Gasteiger partial charge in [-0.15, -0.1) is 0 Å². The van der Waals surface area contributed by atoms with Gasteiger partial charge in [-0.1, -0.05) is 0 Å². The number of carbonyl (C=O) groups is 1. The molecule has 0 aromatic heterocycles. The van der Waals surface area contributed by atoms with Gasteiger partial charge >= 0.3 is 0 Å². The Kier molecular flexibility index (Phi) is 6.23. The molecular weight excluding hydrogens is 262 g/mol. The summed E-state index contributed by atoms with van der Waals surface area (Å²) in [6, 6.07) is -0.586. The van der Waals surface area contributed by atoms with Gasteiger partial charge in [0.05, 0.1) is 11.0 Å². The van der Waals surface area contributed by atoms with Crippen molar-refractivity contribution in [2.24, 2.45) is 11.5 Å². The Morgan fingerprint density at radius 2 is 2.05 bits per heavy atom. The highest BCUT2D eigenvalue weighted by Crippen LogP contribution is 2.14. The molecule has 20 heavy (non-hydrogen) atoms. The minimum atomic E-state index is -0.586. The lowest BCUT2D eigenvalue weighted by Gasteiger charge is -2.19. The Bertz CT molecular complexity index is 391. The van der Waals surface area contributed by atoms with E-state index in [0.717, 1.165) is 25.9 Å². The summed E-state index contributed by atoms with van der Waals surface area (Å²) in [6.07, 6.45) is 3.11. The molecule has 0 aromatic rings. The normalized spacial score (nSPS) is 17.6. The third-order valence-corrected chi connectivity index (χ3v) is 3.46. The molecule has 0 aromatic carbocycles. The first-order valence-corrected chi connectivity index (χ1v) is 6.82. The Morgan fingerprint density at radius 3 is 2.55 bits per heavy atom. The highest BCUT2D eigenvalue weighted by atomic mass is 16.6. The molecule has 114 valence electrons. The standard InChI is InChI=1S/C12H23N5O3/c1-15-11(14)10(17(19)20)6-4-5-9(13)12(18)16-7-2-3-8-16/h9,15H,2-8,13-14H2,1H3/t9-/m0/s1. The lowest BCUT2D eigenvalue weighted by atomic mass is 10.1. The second-order valence-corrected chi connectivity index (χ2v) is 4.90. The van der Waals surface area contributed by atoms with Gasteiger partial charge in [0.15, 0.2) is 5.82 Å². The summed E-state index contributed by atoms with van der Waals surface area (Å²) in [6.45, 7) is 1.53. The molecule has 0 saturated carbocycles. The van der Waals surface area contributed by atoms with Crippen LogP contribution in [0.5, 0.6) is 0 Å². The van der Waals surface area contributed by atoms with Crippen molar-refractivity contribution in [3.05, 3.63) is 21.6 Å². The number of nitro groups is 1. The Hall–Kier alpha value is -1.83. The number of nitrogens with zero attached hydrogens (tertiary/aromatic N) is 2. The van der Waals surface area contributed by atoms with Crippen LogP contribution in [-0.4, -0.2) is 41.9 Å². The topological polar surface area (TPSA) is 128 Å². The summed E-state index contributed by atoms with van der Waals surface area (Å²) in [7, 11) is 1.53. The van der Waals surface area contributed by atoms with Gasteiger partial charge in [-0.05, 0) is 25.7 Å². The molecule has 0 aliphatic carbocycles. The molecular formula is C12H23N5O3. The molecule has 0 bridgehead atoms. The first-order chi connectivity index (χ1) is 9.47. The van der Waals surface area contributed by atoms with E-state index in [9.17, 15) is 14.9 Å². The van der Waals surface area contributed by atoms with E-state index < -0.39 is 11.0 Å². The molecule has 1 amide bonds. The Morgan fingerprint density at radius 1 is 1.45 bits per heavy atom. The van der Waals surface area contributed by atoms with Crippen LogP contribution in [0.15, 0.2) is 11.5 Å². The van der Waals surface area contributed by atoms with Gasteiger partial charge in [0.25, 0.3) is 5.70 Å². The van der Waals surface area contributed by atoms with Crippen LogP contribution in [0.4, 0.5) is 0 Å². The maximum atomic E-state index is 12.0. The van der Waals surface area contributed by atoms with Gasteiger partial charge < -0.3 is 21.7 Å². The van der Waals surface area contributed by atoms with E-state index in [-0.39, 0.29) is 23.8 Å². The zero-order chi connectivity index (χ0) is 15.1. The largest absolute Gasteiger partial charge is 0.380 e. The van der Waals surface area contributed by atoms with Gasteiger partial charge in [0.2, 0.25) is 5.91 Å². The van der Waals surface area contributed by atoms with E-state index in [2.05, 4.69) is 5.32 Å². The van der Waals surface area contributed by atoms with Gasteiger partial charge in [-0.2, -0.15) is 0 Å². The average molecular weight is 285 g/mol. The average Bonchev–Trinajstić information content (AvgIpc) is 2.95. The second-order valence-electron chi connectivity index (χ2n) is 4.90. The summed E-state index contributed by atoms with van der Waals surface area (Å²) in [4.78, 5) is 24.1. The molecule has 1 atom stereocenters. The number of hydrogen-bond donors (Lipinski definition) is 3. The molecule has 8 heteroatoms. The quantitative estimate of drug-likeness (QED) is 0.436. The van der Waals surface area contributed by atoms with E-state index in [0.29, 0.717) is 12.8 Å². The van der Waals surface area contributed by atoms with Gasteiger partial charge in [0, 0.05) is 26.6 Å². The van der Waals surface area contributed by atoms with E-state index in [4.69, 9.17) is 11.5 Å². The summed E-state index contributed by atoms with van der Waals surface area (Å²) >= 11 is 0. The van der Waals surface area contributed by atoms with Crippen molar-refractivity contribution in [1.29, 1.82) is 0 Å². The molecule has 0 unspecified atom stereocenters. The number of hydrogen-bond acceptors (Lipinski definition) is 6. The highest BCUT2D eigenvalue weighted by Gasteiger charge is 2.24. The van der Waals surface area contributed by atoms with Crippen LogP contribution in [-0.2, 0) is 4.79 Å². The maximum absolute atomic E-state index is 12.0. The third kappa shape index (κ3) is 4.37. The van der Waals surface area contributed by atoms with Crippen LogP contribution in [0.1, 0.15) is 32.1 Å². The number of carbonyl (C=O) groups excluding carboxylic acids is 1. The molecule has 0 radical (unpaired) electrons. The first kappa shape index (κ1) is 16.2. The smallest absolute Gasteiger partial charge is 0.285 e. The summed E-state index contributed by atoms with van der Waals surface area (Å²) in [5.41, 5.74) is 11.3. The van der Waals surface area contributed by atoms with Crippen molar-refractivity contribution in [3.63, 3.8) is 0 Å². The Balaban J connectivity index is 2.42. The molecule has 1 aliphatic heterocycles. The molecule has 5 N–H and O–H groups in total. The van der Waals surface area contributed by atoms with Crippen molar-refractivity contribution >= 4 is 5.91 Å². The zero-order valence-corrected chi connectivity index (χ0v) is 11.8. The summed E-state index contributed by atoms with van der Waals surface area (Å²) in [5.74, 6) is -0.00911. The van der Waals surface area contributed by atoms with Gasteiger partial charge in [0.1, 0.15) is 0 Å². The van der Waals surface area contributed by atoms with Crippen LogP contribution in [0, 0.1) is 10.1 Å². The van der Waals surface area contributed by atoms with Gasteiger partial charge in [-0.3, -0.25) is 14.9 Å². The number of amides is 1. The predicted molar refractivity (Wildman–Crippen MR) is 74.9 cm³/mol. The molecule has 1 aliphatic rings. The Labute approximate surface area is 118 Å². The molecule has 1 rings (SSSR count). The third-order valence-electron chi connectivity index (χ3n) is 3.46. The molecule has 0 spiro atoms. The van der Waals surface area contributed by atoms with E-state index in [1.165, 1.54) is 7.05 Å². The van der Waals surface area contributed by atoms with Crippen LogP contribution < -0.4 is 16.8 Å². The van der Waals surface area contributed by atoms with Crippen molar-refractivity contribution in [1.82, 2.24) is 10.2 Å². The van der Waals surface area contributed by atoms with Crippen LogP contribution in [0.3, 0.4) is 0 Å². The fourth-order valence-corrected chi connectivity index (χ4v) is 2.25. The lowest BCUT2D eigenvalue weighted by molar-refractivity contribution is -0.429. The van der Waals surface area contributed by atoms with Crippen molar-refractivity contribution in [2.45, 2.75) is 38.1 Å². The number of allylic oxidation sites excluding steroid dienone is 1. The summed E-state index contributed by atoms with van der Waals surface area (Å²) < 4.78 is 0. The molecule has 1 heterocycles. The highest BCUT2D eigenvalue weighted by molar-refractivity contribution is 5.81. The number of nitrogens with two attached hydrogens (primary N) is 2. The second kappa shape index (κ2) is 7.68. The fourth-order valence-electron chi connectivity index (χ4n) is 2.25. The van der Waals surface area contributed by atoms with Crippen LogP contribution in [0.2, 0.25) is 0 Å². The lowest BCUT2D eigenvalue weighted by Crippen LogP contribution is -2.42. The summed E-state index contributed by atoms with van der Waals surface area (Å²) in [5, 5.41) is 13.4. The van der Waals surface area contributed by atoms with Crippen LogP contribution >= 0.6 is 0 Å². The predicted octanol–water partition coefficient (Wildman–Crippen LogP) is -0.270. The molecule has 8 nitrogen and oxygen atoms in total. The number of rotatable bonds is 7. The molecule has 1 saturated heterocycles. The first-order valence-electron chi connectivity index (χ1n) is 6.82. The monoisotopic (exact) mass is 285 g/mol.